The standard InChI is InChI=1S/C12H15BrN2O5/c13-5-1-2-6-7(3-5)15-12(14-6)11(20)10(19)9(18)8(17)4-16/h1-3,8-11,16-20H,4H2,(H,14,15)/t8?,9-,10?,11?/m0/s1. The number of halogens is 1. The maximum absolute atomic E-state index is 9.97. The smallest absolute Gasteiger partial charge is 0.140 e. The Bertz CT molecular complexity index is 590. The van der Waals surface area contributed by atoms with Crippen LogP contribution in [0.4, 0.5) is 0 Å². The Kier molecular flexibility index (Phi) is 4.74. The first-order chi connectivity index (χ1) is 9.43. The lowest BCUT2D eigenvalue weighted by Gasteiger charge is -2.24. The zero-order chi connectivity index (χ0) is 14.9. The van der Waals surface area contributed by atoms with Gasteiger partial charge in [-0.15, -0.1) is 0 Å². The lowest BCUT2D eigenvalue weighted by molar-refractivity contribution is -0.117. The minimum absolute atomic E-state index is 0.0646. The summed E-state index contributed by atoms with van der Waals surface area (Å²) in [6.07, 6.45) is -6.42. The van der Waals surface area contributed by atoms with Crippen molar-refractivity contribution in [1.29, 1.82) is 0 Å². The Hall–Kier alpha value is -1.03. The van der Waals surface area contributed by atoms with Crippen LogP contribution in [0.1, 0.15) is 11.9 Å². The Balaban J connectivity index is 2.24. The van der Waals surface area contributed by atoms with Crippen LogP contribution >= 0.6 is 15.9 Å². The molecule has 0 bridgehead atoms. The Labute approximate surface area is 122 Å². The van der Waals surface area contributed by atoms with Crippen LogP contribution in [0.25, 0.3) is 11.0 Å². The minimum Gasteiger partial charge on any atom is -0.394 e. The molecule has 0 spiro atoms. The summed E-state index contributed by atoms with van der Waals surface area (Å²) in [7, 11) is 0. The number of fused-ring (bicyclic) bond motifs is 1. The number of hydrogen-bond acceptors (Lipinski definition) is 6. The van der Waals surface area contributed by atoms with E-state index in [1.54, 1.807) is 18.2 Å². The van der Waals surface area contributed by atoms with Gasteiger partial charge in [0.05, 0.1) is 17.6 Å². The molecule has 7 nitrogen and oxygen atoms in total. The SMILES string of the molecule is OCC(O)[C@H](O)C(O)C(O)c1nc2ccc(Br)cc2[nH]1. The van der Waals surface area contributed by atoms with Gasteiger partial charge >= 0.3 is 0 Å². The van der Waals surface area contributed by atoms with Crippen molar-refractivity contribution in [2.24, 2.45) is 0 Å². The van der Waals surface area contributed by atoms with E-state index in [2.05, 4.69) is 25.9 Å². The predicted octanol–water partition coefficient (Wildman–Crippen LogP) is -0.566. The summed E-state index contributed by atoms with van der Waals surface area (Å²) < 4.78 is 0.825. The Morgan fingerprint density at radius 1 is 1.15 bits per heavy atom. The first-order valence-corrected chi connectivity index (χ1v) is 6.71. The van der Waals surface area contributed by atoms with E-state index in [-0.39, 0.29) is 5.82 Å². The third kappa shape index (κ3) is 3.00. The highest BCUT2D eigenvalue weighted by molar-refractivity contribution is 9.10. The number of rotatable bonds is 5. The molecule has 20 heavy (non-hydrogen) atoms. The number of aliphatic hydroxyl groups is 5. The highest BCUT2D eigenvalue weighted by Crippen LogP contribution is 2.23. The molecule has 0 saturated carbocycles. The van der Waals surface area contributed by atoms with Crippen LogP contribution in [0.2, 0.25) is 0 Å². The van der Waals surface area contributed by atoms with Crippen molar-refractivity contribution in [3.05, 3.63) is 28.5 Å². The molecule has 0 aliphatic rings. The van der Waals surface area contributed by atoms with Crippen molar-refractivity contribution >= 4 is 27.0 Å². The molecule has 3 unspecified atom stereocenters. The highest BCUT2D eigenvalue weighted by atomic mass is 79.9. The molecule has 4 atom stereocenters. The van der Waals surface area contributed by atoms with Crippen molar-refractivity contribution in [1.82, 2.24) is 9.97 Å². The number of aliphatic hydroxyl groups excluding tert-OH is 5. The zero-order valence-corrected chi connectivity index (χ0v) is 11.9. The first-order valence-electron chi connectivity index (χ1n) is 5.92. The van der Waals surface area contributed by atoms with Gasteiger partial charge in [0, 0.05) is 4.47 Å². The van der Waals surface area contributed by atoms with Crippen molar-refractivity contribution in [3.8, 4) is 0 Å². The van der Waals surface area contributed by atoms with E-state index in [1.165, 1.54) is 0 Å². The predicted molar refractivity (Wildman–Crippen MR) is 73.9 cm³/mol. The molecule has 6 N–H and O–H groups in total. The van der Waals surface area contributed by atoms with Gasteiger partial charge in [0.25, 0.3) is 0 Å². The molecule has 1 heterocycles. The largest absolute Gasteiger partial charge is 0.394 e. The molecule has 0 amide bonds. The average Bonchev–Trinajstić information content (AvgIpc) is 2.86. The van der Waals surface area contributed by atoms with Gasteiger partial charge in [0.15, 0.2) is 0 Å². The maximum atomic E-state index is 9.97. The second-order valence-corrected chi connectivity index (χ2v) is 5.38. The monoisotopic (exact) mass is 346 g/mol. The molecule has 0 radical (unpaired) electrons. The fraction of sp³-hybridized carbons (Fsp3) is 0.417. The van der Waals surface area contributed by atoms with E-state index in [1.807, 2.05) is 0 Å². The molecule has 0 saturated heterocycles. The number of imidazole rings is 1. The second-order valence-electron chi connectivity index (χ2n) is 4.46. The average molecular weight is 347 g/mol. The van der Waals surface area contributed by atoms with E-state index in [4.69, 9.17) is 5.11 Å². The van der Waals surface area contributed by atoms with Crippen LogP contribution in [0, 0.1) is 0 Å². The number of nitrogens with one attached hydrogen (secondary N) is 1. The molecule has 2 aromatic rings. The van der Waals surface area contributed by atoms with Crippen molar-refractivity contribution < 1.29 is 25.5 Å². The van der Waals surface area contributed by atoms with E-state index >= 15 is 0 Å². The van der Waals surface area contributed by atoms with Crippen LogP contribution in [-0.2, 0) is 0 Å². The quantitative estimate of drug-likeness (QED) is 0.430. The van der Waals surface area contributed by atoms with Gasteiger partial charge in [0.1, 0.15) is 30.2 Å². The second kappa shape index (κ2) is 6.17. The summed E-state index contributed by atoms with van der Waals surface area (Å²) >= 11 is 3.30. The highest BCUT2D eigenvalue weighted by Gasteiger charge is 2.32. The molecular formula is C12H15BrN2O5. The fourth-order valence-electron chi connectivity index (χ4n) is 1.83. The number of aromatic amines is 1. The van der Waals surface area contributed by atoms with Crippen LogP contribution < -0.4 is 0 Å². The number of nitrogens with zero attached hydrogens (tertiary/aromatic N) is 1. The molecule has 1 aromatic heterocycles. The summed E-state index contributed by atoms with van der Waals surface area (Å²) in [5.74, 6) is 0.0646. The van der Waals surface area contributed by atoms with E-state index in [9.17, 15) is 20.4 Å². The Morgan fingerprint density at radius 3 is 2.50 bits per heavy atom. The van der Waals surface area contributed by atoms with Crippen molar-refractivity contribution in [3.63, 3.8) is 0 Å². The van der Waals surface area contributed by atoms with Crippen molar-refractivity contribution in [2.45, 2.75) is 24.4 Å². The normalized spacial score (nSPS) is 17.9. The van der Waals surface area contributed by atoms with Crippen LogP contribution in [0.15, 0.2) is 22.7 Å². The van der Waals surface area contributed by atoms with Crippen LogP contribution in [0.3, 0.4) is 0 Å². The molecule has 0 aliphatic heterocycles. The number of H-pyrrole nitrogens is 1. The molecule has 1 aromatic carbocycles. The number of hydrogen-bond donors (Lipinski definition) is 6. The zero-order valence-electron chi connectivity index (χ0n) is 10.3. The summed E-state index contributed by atoms with van der Waals surface area (Å²) in [5, 5.41) is 47.3. The van der Waals surface area contributed by atoms with Gasteiger partial charge in [-0.25, -0.2) is 4.98 Å². The van der Waals surface area contributed by atoms with Crippen LogP contribution in [0.5, 0.6) is 0 Å². The van der Waals surface area contributed by atoms with Gasteiger partial charge in [-0.3, -0.25) is 0 Å². The Morgan fingerprint density at radius 2 is 1.85 bits per heavy atom. The summed E-state index contributed by atoms with van der Waals surface area (Å²) in [6.45, 7) is -0.724. The lowest BCUT2D eigenvalue weighted by atomic mass is 10.0. The number of benzene rings is 1. The summed E-state index contributed by atoms with van der Waals surface area (Å²) in [4.78, 5) is 6.92. The molecule has 8 heteroatoms. The van der Waals surface area contributed by atoms with Gasteiger partial charge in [0.2, 0.25) is 0 Å². The summed E-state index contributed by atoms with van der Waals surface area (Å²) in [6, 6.07) is 5.25. The van der Waals surface area contributed by atoms with E-state index < -0.39 is 31.0 Å². The molecule has 110 valence electrons. The molecule has 2 rings (SSSR count). The maximum Gasteiger partial charge on any atom is 0.140 e. The van der Waals surface area contributed by atoms with Crippen molar-refractivity contribution in [2.75, 3.05) is 6.61 Å². The first kappa shape index (κ1) is 15.4. The van der Waals surface area contributed by atoms with Crippen LogP contribution in [-0.4, -0.2) is 60.4 Å². The van der Waals surface area contributed by atoms with E-state index in [0.717, 1.165) is 4.47 Å². The van der Waals surface area contributed by atoms with Gasteiger partial charge in [-0.05, 0) is 18.2 Å². The molecule has 0 fully saturated rings. The third-order valence-electron chi connectivity index (χ3n) is 3.00. The number of aromatic nitrogens is 2. The third-order valence-corrected chi connectivity index (χ3v) is 3.49. The summed E-state index contributed by atoms with van der Waals surface area (Å²) in [5.41, 5.74) is 1.24. The van der Waals surface area contributed by atoms with Gasteiger partial charge < -0.3 is 30.5 Å². The topological polar surface area (TPSA) is 130 Å². The lowest BCUT2D eigenvalue weighted by Crippen LogP contribution is -2.42. The van der Waals surface area contributed by atoms with Gasteiger partial charge in [-0.1, -0.05) is 15.9 Å². The fourth-order valence-corrected chi connectivity index (χ4v) is 2.19. The molecule has 0 aliphatic carbocycles. The van der Waals surface area contributed by atoms with Gasteiger partial charge in [-0.2, -0.15) is 0 Å². The minimum atomic E-state index is -1.69. The molecular weight excluding hydrogens is 332 g/mol. The van der Waals surface area contributed by atoms with E-state index in [0.29, 0.717) is 11.0 Å².